The van der Waals surface area contributed by atoms with E-state index < -0.39 is 0 Å². The smallest absolute Gasteiger partial charge is 0.0706 e. The van der Waals surface area contributed by atoms with Gasteiger partial charge in [-0.15, -0.1) is 0 Å². The van der Waals surface area contributed by atoms with E-state index in [1.165, 1.54) is 25.7 Å². The number of hydrogen-bond donors (Lipinski definition) is 0. The van der Waals surface area contributed by atoms with E-state index >= 15 is 0 Å². The quantitative estimate of drug-likeness (QED) is 0.666. The summed E-state index contributed by atoms with van der Waals surface area (Å²) < 4.78 is 6.00. The molecule has 0 radical (unpaired) electrons. The summed E-state index contributed by atoms with van der Waals surface area (Å²) in [4.78, 5) is 2.41. The molecule has 1 saturated heterocycles. The van der Waals surface area contributed by atoms with Crippen molar-refractivity contribution in [3.63, 3.8) is 0 Å². The van der Waals surface area contributed by atoms with Crippen molar-refractivity contribution >= 4 is 0 Å². The lowest BCUT2D eigenvalue weighted by molar-refractivity contribution is -0.0840. The molecule has 1 fully saturated rings. The zero-order valence-electron chi connectivity index (χ0n) is 9.25. The molecule has 0 spiro atoms. The summed E-state index contributed by atoms with van der Waals surface area (Å²) >= 11 is 0. The third kappa shape index (κ3) is 3.65. The van der Waals surface area contributed by atoms with Crippen LogP contribution >= 0.6 is 0 Å². The minimum absolute atomic E-state index is 0.486. The van der Waals surface area contributed by atoms with E-state index in [1.54, 1.807) is 0 Å². The molecule has 1 heterocycles. The van der Waals surface area contributed by atoms with Crippen molar-refractivity contribution in [3.05, 3.63) is 0 Å². The van der Waals surface area contributed by atoms with Crippen LogP contribution in [0, 0.1) is 0 Å². The molecular formula is C11H23NO. The second kappa shape index (κ2) is 5.61. The first-order chi connectivity index (χ1) is 6.26. The van der Waals surface area contributed by atoms with Gasteiger partial charge in [0.1, 0.15) is 0 Å². The Morgan fingerprint density at radius 3 is 1.92 bits per heavy atom. The monoisotopic (exact) mass is 185 g/mol. The summed E-state index contributed by atoms with van der Waals surface area (Å²) in [5.74, 6) is 0. The molecule has 0 aromatic heterocycles. The molecule has 0 saturated carbocycles. The predicted octanol–water partition coefficient (Wildman–Crippen LogP) is 2.29. The highest BCUT2D eigenvalue weighted by Gasteiger charge is 2.24. The van der Waals surface area contributed by atoms with Crippen molar-refractivity contribution < 1.29 is 4.74 Å². The normalized spacial score (nSPS) is 30.7. The van der Waals surface area contributed by atoms with Crippen LogP contribution in [0.4, 0.5) is 0 Å². The lowest BCUT2D eigenvalue weighted by Crippen LogP contribution is -2.45. The highest BCUT2D eigenvalue weighted by molar-refractivity contribution is 4.75. The maximum absolute atomic E-state index is 6.00. The number of likely N-dealkylation sites (N-methyl/N-ethyl adjacent to an activating group) is 1. The van der Waals surface area contributed by atoms with E-state index in [0.717, 1.165) is 13.1 Å². The molecule has 13 heavy (non-hydrogen) atoms. The van der Waals surface area contributed by atoms with Crippen LogP contribution in [0.2, 0.25) is 0 Å². The molecule has 1 rings (SSSR count). The minimum atomic E-state index is 0.486. The molecule has 0 aromatic rings. The summed E-state index contributed by atoms with van der Waals surface area (Å²) in [6.07, 6.45) is 5.87. The molecule has 2 nitrogen and oxygen atoms in total. The van der Waals surface area contributed by atoms with Crippen LogP contribution in [0.1, 0.15) is 39.5 Å². The van der Waals surface area contributed by atoms with Crippen LogP contribution in [-0.4, -0.2) is 37.2 Å². The standard InChI is InChI=1S/C11H23NO/c1-4-6-10-8-12(3)9-11(13-10)7-5-2/h10-11H,4-9H2,1-3H3. The zero-order chi connectivity index (χ0) is 9.68. The van der Waals surface area contributed by atoms with E-state index in [-0.39, 0.29) is 0 Å². The predicted molar refractivity (Wildman–Crippen MR) is 56.0 cm³/mol. The van der Waals surface area contributed by atoms with E-state index in [4.69, 9.17) is 4.74 Å². The Kier molecular flexibility index (Phi) is 4.74. The van der Waals surface area contributed by atoms with Gasteiger partial charge in [0.2, 0.25) is 0 Å². The topological polar surface area (TPSA) is 12.5 Å². The van der Waals surface area contributed by atoms with Crippen molar-refractivity contribution in [2.75, 3.05) is 20.1 Å². The van der Waals surface area contributed by atoms with Gasteiger partial charge in [0.15, 0.2) is 0 Å². The number of ether oxygens (including phenoxy) is 1. The van der Waals surface area contributed by atoms with Crippen molar-refractivity contribution in [3.8, 4) is 0 Å². The summed E-state index contributed by atoms with van der Waals surface area (Å²) in [7, 11) is 2.20. The lowest BCUT2D eigenvalue weighted by atomic mass is 10.1. The number of hydrogen-bond acceptors (Lipinski definition) is 2. The van der Waals surface area contributed by atoms with E-state index in [0.29, 0.717) is 12.2 Å². The molecule has 1 aliphatic rings. The van der Waals surface area contributed by atoms with Crippen molar-refractivity contribution in [2.24, 2.45) is 0 Å². The van der Waals surface area contributed by atoms with Gasteiger partial charge in [-0.1, -0.05) is 26.7 Å². The number of morpholine rings is 1. The molecule has 78 valence electrons. The van der Waals surface area contributed by atoms with Crippen LogP contribution in [0.25, 0.3) is 0 Å². The van der Waals surface area contributed by atoms with Crippen molar-refractivity contribution in [1.29, 1.82) is 0 Å². The number of nitrogens with zero attached hydrogens (tertiary/aromatic N) is 1. The maximum atomic E-state index is 6.00. The Bertz CT molecular complexity index is 124. The third-order valence-corrected chi connectivity index (χ3v) is 2.64. The Labute approximate surface area is 82.3 Å². The zero-order valence-corrected chi connectivity index (χ0v) is 9.25. The molecular weight excluding hydrogens is 162 g/mol. The van der Waals surface area contributed by atoms with Gasteiger partial charge in [0.05, 0.1) is 12.2 Å². The van der Waals surface area contributed by atoms with Gasteiger partial charge in [-0.3, -0.25) is 0 Å². The third-order valence-electron chi connectivity index (χ3n) is 2.64. The Morgan fingerprint density at radius 2 is 1.54 bits per heavy atom. The Morgan fingerprint density at radius 1 is 1.08 bits per heavy atom. The van der Waals surface area contributed by atoms with Crippen LogP contribution in [0.3, 0.4) is 0 Å². The van der Waals surface area contributed by atoms with Gasteiger partial charge in [-0.05, 0) is 19.9 Å². The Balaban J connectivity index is 2.33. The molecule has 0 aromatic carbocycles. The van der Waals surface area contributed by atoms with Gasteiger partial charge in [-0.2, -0.15) is 0 Å². The van der Waals surface area contributed by atoms with Crippen molar-refractivity contribution in [1.82, 2.24) is 4.90 Å². The van der Waals surface area contributed by atoms with Gasteiger partial charge >= 0.3 is 0 Å². The van der Waals surface area contributed by atoms with E-state index in [2.05, 4.69) is 25.8 Å². The average molecular weight is 185 g/mol. The highest BCUT2D eigenvalue weighted by atomic mass is 16.5. The molecule has 0 aliphatic carbocycles. The second-order valence-electron chi connectivity index (χ2n) is 4.18. The first kappa shape index (κ1) is 11.0. The SMILES string of the molecule is CCCC1CN(C)CC(CCC)O1. The number of rotatable bonds is 4. The fourth-order valence-electron chi connectivity index (χ4n) is 2.09. The first-order valence-corrected chi connectivity index (χ1v) is 5.60. The van der Waals surface area contributed by atoms with Crippen LogP contribution in [0.5, 0.6) is 0 Å². The molecule has 0 bridgehead atoms. The van der Waals surface area contributed by atoms with E-state index in [9.17, 15) is 0 Å². The van der Waals surface area contributed by atoms with Gasteiger partial charge in [-0.25, -0.2) is 0 Å². The van der Waals surface area contributed by atoms with Crippen LogP contribution < -0.4 is 0 Å². The summed E-state index contributed by atoms with van der Waals surface area (Å²) in [6.45, 7) is 6.70. The molecule has 0 N–H and O–H groups in total. The van der Waals surface area contributed by atoms with Crippen LogP contribution in [0.15, 0.2) is 0 Å². The minimum Gasteiger partial charge on any atom is -0.372 e. The summed E-state index contributed by atoms with van der Waals surface area (Å²) in [5, 5.41) is 0. The fourth-order valence-corrected chi connectivity index (χ4v) is 2.09. The molecule has 2 atom stereocenters. The van der Waals surface area contributed by atoms with Crippen molar-refractivity contribution in [2.45, 2.75) is 51.7 Å². The van der Waals surface area contributed by atoms with Gasteiger partial charge in [0, 0.05) is 13.1 Å². The summed E-state index contributed by atoms with van der Waals surface area (Å²) in [6, 6.07) is 0. The van der Waals surface area contributed by atoms with E-state index in [1.807, 2.05) is 0 Å². The molecule has 0 amide bonds. The molecule has 1 aliphatic heterocycles. The first-order valence-electron chi connectivity index (χ1n) is 5.60. The lowest BCUT2D eigenvalue weighted by Gasteiger charge is -2.36. The highest BCUT2D eigenvalue weighted by Crippen LogP contribution is 2.16. The summed E-state index contributed by atoms with van der Waals surface area (Å²) in [5.41, 5.74) is 0. The molecule has 2 heteroatoms. The molecule has 2 unspecified atom stereocenters. The maximum Gasteiger partial charge on any atom is 0.0706 e. The second-order valence-corrected chi connectivity index (χ2v) is 4.18. The van der Waals surface area contributed by atoms with Crippen LogP contribution in [-0.2, 0) is 4.74 Å². The van der Waals surface area contributed by atoms with Gasteiger partial charge < -0.3 is 9.64 Å². The van der Waals surface area contributed by atoms with Gasteiger partial charge in [0.25, 0.3) is 0 Å². The fraction of sp³-hybridized carbons (Fsp3) is 1.00. The average Bonchev–Trinajstić information content (AvgIpc) is 2.04. The largest absolute Gasteiger partial charge is 0.372 e. The Hall–Kier alpha value is -0.0800.